The number of fused-ring (bicyclic) bond motifs is 1. The number of rotatable bonds is 7. The molecule has 0 aliphatic heterocycles. The predicted octanol–water partition coefficient (Wildman–Crippen LogP) is 6.71. The number of nitrogens with zero attached hydrogens (tertiary/aromatic N) is 1. The molecule has 1 aromatic heterocycles. The topological polar surface area (TPSA) is 51.2 Å². The molecule has 0 saturated heterocycles. The van der Waals surface area contributed by atoms with Crippen LogP contribution in [0.4, 0.5) is 5.13 Å². The minimum Gasteiger partial charge on any atom is -0.483 e. The van der Waals surface area contributed by atoms with Gasteiger partial charge in [0.25, 0.3) is 5.91 Å². The average molecular weight is 461 g/mol. The summed E-state index contributed by atoms with van der Waals surface area (Å²) in [5.41, 5.74) is 3.28. The smallest absolute Gasteiger partial charge is 0.264 e. The van der Waals surface area contributed by atoms with Crippen LogP contribution in [0.5, 0.6) is 5.75 Å². The summed E-state index contributed by atoms with van der Waals surface area (Å²) < 4.78 is 7.86. The molecule has 1 amide bonds. The van der Waals surface area contributed by atoms with Crippen LogP contribution in [-0.4, -0.2) is 17.5 Å². The molecule has 0 spiro atoms. The van der Waals surface area contributed by atoms with Crippen LogP contribution in [0.3, 0.4) is 0 Å². The van der Waals surface area contributed by atoms with Gasteiger partial charge >= 0.3 is 0 Å². The van der Waals surface area contributed by atoms with Crippen molar-refractivity contribution in [3.63, 3.8) is 0 Å². The highest BCUT2D eigenvalue weighted by molar-refractivity contribution is 9.10. The maximum atomic E-state index is 12.4. The second-order valence-corrected chi connectivity index (χ2v) is 9.18. The van der Waals surface area contributed by atoms with Crippen molar-refractivity contribution in [1.29, 1.82) is 0 Å². The number of hydrogen-bond acceptors (Lipinski definition) is 4. The highest BCUT2D eigenvalue weighted by atomic mass is 79.9. The molecule has 28 heavy (non-hydrogen) atoms. The van der Waals surface area contributed by atoms with E-state index < -0.39 is 0 Å². The van der Waals surface area contributed by atoms with Gasteiger partial charge in [-0.05, 0) is 59.7 Å². The first-order valence-corrected chi connectivity index (χ1v) is 11.1. The molecule has 1 atom stereocenters. The van der Waals surface area contributed by atoms with Crippen molar-refractivity contribution in [2.75, 3.05) is 11.9 Å². The van der Waals surface area contributed by atoms with Crippen molar-refractivity contribution < 1.29 is 9.53 Å². The maximum Gasteiger partial charge on any atom is 0.264 e. The van der Waals surface area contributed by atoms with Gasteiger partial charge in [-0.3, -0.25) is 10.1 Å². The Morgan fingerprint density at radius 3 is 2.71 bits per heavy atom. The van der Waals surface area contributed by atoms with E-state index in [1.807, 2.05) is 24.3 Å². The number of carbonyl (C=O) groups excluding carboxylic acids is 1. The van der Waals surface area contributed by atoms with Crippen LogP contribution >= 0.6 is 27.3 Å². The molecule has 148 valence electrons. The summed E-state index contributed by atoms with van der Waals surface area (Å²) in [4.78, 5) is 16.9. The number of anilines is 1. The molecule has 0 aliphatic carbocycles. The van der Waals surface area contributed by atoms with E-state index in [9.17, 15) is 4.79 Å². The molecule has 2 aromatic carbocycles. The van der Waals surface area contributed by atoms with Crippen LogP contribution in [0.25, 0.3) is 10.2 Å². The minimum absolute atomic E-state index is 0.0462. The first kappa shape index (κ1) is 20.8. The van der Waals surface area contributed by atoms with Crippen LogP contribution in [0.15, 0.2) is 40.9 Å². The molecule has 0 saturated carbocycles. The van der Waals surface area contributed by atoms with Crippen LogP contribution in [0.1, 0.15) is 57.1 Å². The normalized spacial score (nSPS) is 12.4. The van der Waals surface area contributed by atoms with Gasteiger partial charge in [-0.15, -0.1) is 0 Å². The number of hydrogen-bond donors (Lipinski definition) is 1. The average Bonchev–Trinajstić information content (AvgIpc) is 3.07. The van der Waals surface area contributed by atoms with Gasteiger partial charge in [0.15, 0.2) is 11.7 Å². The first-order valence-electron chi connectivity index (χ1n) is 9.50. The summed E-state index contributed by atoms with van der Waals surface area (Å²) in [6.45, 7) is 8.56. The fourth-order valence-corrected chi connectivity index (χ4v) is 4.25. The lowest BCUT2D eigenvalue weighted by Crippen LogP contribution is -2.20. The van der Waals surface area contributed by atoms with Crippen molar-refractivity contribution in [2.24, 2.45) is 0 Å². The number of carbonyl (C=O) groups is 1. The van der Waals surface area contributed by atoms with E-state index >= 15 is 0 Å². The Bertz CT molecular complexity index is 984. The Labute approximate surface area is 178 Å². The SMILES string of the molecule is CCC(C)c1ccc2nc(NC(=O)COc3ccc(Br)cc3C(C)C)sc2c1. The Morgan fingerprint density at radius 1 is 1.21 bits per heavy atom. The Kier molecular flexibility index (Phi) is 6.73. The molecular formula is C22H25BrN2O2S. The number of ether oxygens (including phenoxy) is 1. The van der Waals surface area contributed by atoms with E-state index in [0.717, 1.165) is 32.4 Å². The molecule has 1 N–H and O–H groups in total. The van der Waals surface area contributed by atoms with E-state index in [2.05, 4.69) is 66.1 Å². The number of thiazole rings is 1. The zero-order valence-electron chi connectivity index (χ0n) is 16.6. The van der Waals surface area contributed by atoms with E-state index in [4.69, 9.17) is 4.74 Å². The summed E-state index contributed by atoms with van der Waals surface area (Å²) in [6.07, 6.45) is 1.10. The number of amides is 1. The second-order valence-electron chi connectivity index (χ2n) is 7.23. The molecular weight excluding hydrogens is 436 g/mol. The fourth-order valence-electron chi connectivity index (χ4n) is 2.94. The Morgan fingerprint density at radius 2 is 2.00 bits per heavy atom. The zero-order chi connectivity index (χ0) is 20.3. The van der Waals surface area contributed by atoms with Crippen molar-refractivity contribution >= 4 is 48.5 Å². The molecule has 0 fully saturated rings. The molecule has 6 heteroatoms. The predicted molar refractivity (Wildman–Crippen MR) is 121 cm³/mol. The van der Waals surface area contributed by atoms with Gasteiger partial charge in [-0.1, -0.05) is 61.0 Å². The number of nitrogens with one attached hydrogen (secondary N) is 1. The maximum absolute atomic E-state index is 12.4. The van der Waals surface area contributed by atoms with Crippen molar-refractivity contribution in [1.82, 2.24) is 4.98 Å². The molecule has 0 bridgehead atoms. The third-order valence-corrected chi connectivity index (χ3v) is 6.22. The van der Waals surface area contributed by atoms with Crippen molar-refractivity contribution in [3.05, 3.63) is 52.0 Å². The van der Waals surface area contributed by atoms with Crippen LogP contribution in [-0.2, 0) is 4.79 Å². The monoisotopic (exact) mass is 460 g/mol. The van der Waals surface area contributed by atoms with Crippen LogP contribution < -0.4 is 10.1 Å². The van der Waals surface area contributed by atoms with Gasteiger partial charge in [0.1, 0.15) is 5.75 Å². The van der Waals surface area contributed by atoms with E-state index in [1.54, 1.807) is 0 Å². The molecule has 3 aromatic rings. The van der Waals surface area contributed by atoms with E-state index in [0.29, 0.717) is 17.0 Å². The summed E-state index contributed by atoms with van der Waals surface area (Å²) in [6, 6.07) is 12.1. The summed E-state index contributed by atoms with van der Waals surface area (Å²) in [5, 5.41) is 3.46. The highest BCUT2D eigenvalue weighted by Crippen LogP contribution is 2.31. The largest absolute Gasteiger partial charge is 0.483 e. The van der Waals surface area contributed by atoms with Gasteiger partial charge in [-0.25, -0.2) is 4.98 Å². The second kappa shape index (κ2) is 9.05. The lowest BCUT2D eigenvalue weighted by molar-refractivity contribution is -0.118. The molecule has 0 aliphatic rings. The van der Waals surface area contributed by atoms with Crippen LogP contribution in [0, 0.1) is 0 Å². The number of aromatic nitrogens is 1. The fraction of sp³-hybridized carbons (Fsp3) is 0.364. The number of benzene rings is 2. The molecule has 0 radical (unpaired) electrons. The Balaban J connectivity index is 1.67. The van der Waals surface area contributed by atoms with Gasteiger partial charge in [0, 0.05) is 4.47 Å². The lowest BCUT2D eigenvalue weighted by atomic mass is 9.99. The third kappa shape index (κ3) is 4.92. The summed E-state index contributed by atoms with van der Waals surface area (Å²) in [5.74, 6) is 1.34. The van der Waals surface area contributed by atoms with E-state index in [1.165, 1.54) is 16.9 Å². The zero-order valence-corrected chi connectivity index (χ0v) is 19.0. The lowest BCUT2D eigenvalue weighted by Gasteiger charge is -2.14. The molecule has 1 unspecified atom stereocenters. The summed E-state index contributed by atoms with van der Waals surface area (Å²) >= 11 is 4.98. The molecule has 3 rings (SSSR count). The van der Waals surface area contributed by atoms with E-state index in [-0.39, 0.29) is 12.5 Å². The minimum atomic E-state index is -0.209. The van der Waals surface area contributed by atoms with Crippen molar-refractivity contribution in [3.8, 4) is 5.75 Å². The van der Waals surface area contributed by atoms with Gasteiger partial charge in [0.05, 0.1) is 10.2 Å². The number of halogens is 1. The molecule has 1 heterocycles. The van der Waals surface area contributed by atoms with Gasteiger partial charge in [0.2, 0.25) is 0 Å². The standard InChI is InChI=1S/C22H25BrN2O2S/c1-5-14(4)15-6-8-18-20(10-15)28-22(24-18)25-21(26)12-27-19-9-7-16(23)11-17(19)13(2)3/h6-11,13-14H,5,12H2,1-4H3,(H,24,25,26). The Hall–Kier alpha value is -1.92. The molecule has 4 nitrogen and oxygen atoms in total. The first-order chi connectivity index (χ1) is 13.4. The summed E-state index contributed by atoms with van der Waals surface area (Å²) in [7, 11) is 0. The quantitative estimate of drug-likeness (QED) is 0.425. The van der Waals surface area contributed by atoms with Crippen LogP contribution in [0.2, 0.25) is 0 Å². The highest BCUT2D eigenvalue weighted by Gasteiger charge is 2.13. The van der Waals surface area contributed by atoms with Gasteiger partial charge in [-0.2, -0.15) is 0 Å². The third-order valence-electron chi connectivity index (χ3n) is 4.79. The van der Waals surface area contributed by atoms with Crippen molar-refractivity contribution in [2.45, 2.75) is 46.0 Å². The van der Waals surface area contributed by atoms with Gasteiger partial charge < -0.3 is 4.74 Å².